The van der Waals surface area contributed by atoms with Crippen molar-refractivity contribution in [2.75, 3.05) is 19.7 Å². The Bertz CT molecular complexity index is 942. The molecule has 34 heavy (non-hydrogen) atoms. The smallest absolute Gasteiger partial charge is 0.185 e. The number of hydrogen-bond donors (Lipinski definition) is 4. The molecule has 0 aromatic heterocycles. The summed E-state index contributed by atoms with van der Waals surface area (Å²) >= 11 is 0. The zero-order valence-electron chi connectivity index (χ0n) is 20.9. The third kappa shape index (κ3) is 10.5. The van der Waals surface area contributed by atoms with Crippen LogP contribution >= 0.6 is 0 Å². The second-order valence-corrected chi connectivity index (χ2v) is 9.89. The van der Waals surface area contributed by atoms with Crippen molar-refractivity contribution in [2.24, 2.45) is 38.3 Å². The van der Waals surface area contributed by atoms with Gasteiger partial charge >= 0.3 is 0 Å². The van der Waals surface area contributed by atoms with E-state index < -0.39 is 0 Å². The first-order valence-electron chi connectivity index (χ1n) is 11.5. The molecule has 0 aliphatic rings. The Hall–Kier alpha value is -3.42. The van der Waals surface area contributed by atoms with E-state index in [1.165, 1.54) is 0 Å². The summed E-state index contributed by atoms with van der Waals surface area (Å²) in [6.07, 6.45) is 2.39. The first-order valence-corrected chi connectivity index (χ1v) is 11.5. The number of benzene rings is 2. The fraction of sp³-hybridized carbons (Fsp3) is 0.462. The lowest BCUT2D eigenvalue weighted by molar-refractivity contribution is 0.0363. The third-order valence-electron chi connectivity index (χ3n) is 5.16. The average molecular weight is 469 g/mol. The zero-order chi connectivity index (χ0) is 25.2. The molecule has 0 saturated heterocycles. The van der Waals surface area contributed by atoms with Crippen molar-refractivity contribution in [2.45, 2.75) is 52.6 Å². The van der Waals surface area contributed by atoms with Gasteiger partial charge < -0.3 is 32.4 Å². The summed E-state index contributed by atoms with van der Waals surface area (Å²) in [6, 6.07) is 16.1. The summed E-state index contributed by atoms with van der Waals surface area (Å²) in [5.41, 5.74) is 23.4. The lowest BCUT2D eigenvalue weighted by Gasteiger charge is -2.35. The van der Waals surface area contributed by atoms with E-state index in [9.17, 15) is 0 Å². The van der Waals surface area contributed by atoms with E-state index >= 15 is 0 Å². The summed E-state index contributed by atoms with van der Waals surface area (Å²) in [4.78, 5) is 8.03. The number of ether oxygens (including phenoxy) is 2. The molecule has 2 aromatic carbocycles. The summed E-state index contributed by atoms with van der Waals surface area (Å²) in [5.74, 6) is 1.91. The number of nitrogens with two attached hydrogens (primary N) is 4. The van der Waals surface area contributed by atoms with Crippen LogP contribution in [0.1, 0.15) is 45.2 Å². The van der Waals surface area contributed by atoms with Crippen molar-refractivity contribution >= 4 is 11.9 Å². The second kappa shape index (κ2) is 12.2. The van der Waals surface area contributed by atoms with Gasteiger partial charge in [-0.2, -0.15) is 0 Å². The fourth-order valence-corrected chi connectivity index (χ4v) is 3.94. The van der Waals surface area contributed by atoms with Crippen molar-refractivity contribution in [1.29, 1.82) is 0 Å². The Morgan fingerprint density at radius 3 is 1.59 bits per heavy atom. The van der Waals surface area contributed by atoms with Gasteiger partial charge in [-0.05, 0) is 68.5 Å². The van der Waals surface area contributed by atoms with E-state index in [0.29, 0.717) is 19.7 Å². The molecular formula is C26H40N6O2. The maximum absolute atomic E-state index is 6.31. The first kappa shape index (κ1) is 26.8. The van der Waals surface area contributed by atoms with Gasteiger partial charge in [0.05, 0.1) is 6.61 Å². The Balaban J connectivity index is 1.84. The highest BCUT2D eigenvalue weighted by Gasteiger charge is 2.31. The molecule has 0 aliphatic carbocycles. The van der Waals surface area contributed by atoms with Gasteiger partial charge in [-0.1, -0.05) is 38.1 Å². The van der Waals surface area contributed by atoms with Crippen molar-refractivity contribution in [1.82, 2.24) is 0 Å². The van der Waals surface area contributed by atoms with Crippen LogP contribution in [0, 0.1) is 5.41 Å². The molecule has 2 aromatic rings. The number of aliphatic imine (C=N–C) groups is 2. The standard InChI is InChI=1S/C26H40N6O2/c1-25(2,18-33-21-9-5-19(6-10-21)13-15-31-23(27)28)17-26(3,4)34-22-11-7-20(8-12-22)14-16-32-24(29)30/h5-12H,13-18H2,1-4H3,(H4,27,28,31)(H4,29,30,32). The first-order chi connectivity index (χ1) is 15.9. The molecule has 0 atom stereocenters. The van der Waals surface area contributed by atoms with Crippen LogP contribution in [-0.4, -0.2) is 37.2 Å². The molecule has 0 aliphatic heterocycles. The van der Waals surface area contributed by atoms with Gasteiger partial charge in [0, 0.05) is 18.5 Å². The van der Waals surface area contributed by atoms with Crippen LogP contribution in [-0.2, 0) is 12.8 Å². The minimum absolute atomic E-state index is 0.0877. The highest BCUT2D eigenvalue weighted by Crippen LogP contribution is 2.32. The molecular weight excluding hydrogens is 428 g/mol. The molecule has 0 spiro atoms. The van der Waals surface area contributed by atoms with Crippen LogP contribution in [0.5, 0.6) is 11.5 Å². The van der Waals surface area contributed by atoms with Crippen molar-refractivity contribution < 1.29 is 9.47 Å². The molecule has 8 N–H and O–H groups in total. The van der Waals surface area contributed by atoms with E-state index in [1.807, 2.05) is 48.5 Å². The van der Waals surface area contributed by atoms with Crippen molar-refractivity contribution in [3.63, 3.8) is 0 Å². The monoisotopic (exact) mass is 468 g/mol. The topological polar surface area (TPSA) is 147 Å². The SMILES string of the molecule is CC(C)(COc1ccc(CCN=C(N)N)cc1)CC(C)(C)Oc1ccc(CCN=C(N)N)cc1. The van der Waals surface area contributed by atoms with Crippen molar-refractivity contribution in [3.05, 3.63) is 59.7 Å². The number of nitrogens with zero attached hydrogens (tertiary/aromatic N) is 2. The maximum atomic E-state index is 6.31. The number of guanidine groups is 2. The number of hydrogen-bond acceptors (Lipinski definition) is 4. The van der Waals surface area contributed by atoms with E-state index in [0.717, 1.165) is 41.9 Å². The summed E-state index contributed by atoms with van der Waals surface area (Å²) in [6.45, 7) is 10.3. The molecule has 2 rings (SSSR count). The van der Waals surface area contributed by atoms with Crippen LogP contribution in [0.4, 0.5) is 0 Å². The van der Waals surface area contributed by atoms with E-state index in [4.69, 9.17) is 32.4 Å². The van der Waals surface area contributed by atoms with Crippen LogP contribution in [0.3, 0.4) is 0 Å². The van der Waals surface area contributed by atoms with E-state index in [2.05, 4.69) is 37.7 Å². The minimum atomic E-state index is -0.359. The normalized spacial score (nSPS) is 11.5. The molecule has 0 unspecified atom stereocenters. The van der Waals surface area contributed by atoms with Crippen LogP contribution in [0.25, 0.3) is 0 Å². The zero-order valence-corrected chi connectivity index (χ0v) is 20.9. The number of rotatable bonds is 13. The van der Waals surface area contributed by atoms with Gasteiger partial charge in [-0.25, -0.2) is 0 Å². The van der Waals surface area contributed by atoms with Crippen molar-refractivity contribution in [3.8, 4) is 11.5 Å². The molecule has 8 heteroatoms. The lowest BCUT2D eigenvalue weighted by Crippen LogP contribution is -2.37. The quantitative estimate of drug-likeness (QED) is 0.262. The summed E-state index contributed by atoms with van der Waals surface area (Å²) in [7, 11) is 0. The Morgan fingerprint density at radius 1 is 0.706 bits per heavy atom. The summed E-state index contributed by atoms with van der Waals surface area (Å²) < 4.78 is 12.4. The molecule has 0 heterocycles. The van der Waals surface area contributed by atoms with E-state index in [1.54, 1.807) is 0 Å². The minimum Gasteiger partial charge on any atom is -0.493 e. The molecule has 0 fully saturated rings. The van der Waals surface area contributed by atoms with Gasteiger partial charge in [-0.15, -0.1) is 0 Å². The average Bonchev–Trinajstić information content (AvgIpc) is 2.73. The van der Waals surface area contributed by atoms with Gasteiger partial charge in [0.15, 0.2) is 11.9 Å². The largest absolute Gasteiger partial charge is 0.493 e. The Labute approximate surface area is 203 Å². The molecule has 0 saturated carbocycles. The Kier molecular flexibility index (Phi) is 9.59. The Morgan fingerprint density at radius 2 is 1.15 bits per heavy atom. The summed E-state index contributed by atoms with van der Waals surface area (Å²) in [5, 5.41) is 0. The van der Waals surface area contributed by atoms with Crippen LogP contribution in [0.2, 0.25) is 0 Å². The van der Waals surface area contributed by atoms with Gasteiger partial charge in [0.25, 0.3) is 0 Å². The van der Waals surface area contributed by atoms with Crippen LogP contribution in [0.15, 0.2) is 58.5 Å². The molecule has 0 amide bonds. The predicted molar refractivity (Wildman–Crippen MR) is 140 cm³/mol. The maximum Gasteiger partial charge on any atom is 0.185 e. The highest BCUT2D eigenvalue weighted by atomic mass is 16.5. The molecule has 0 radical (unpaired) electrons. The highest BCUT2D eigenvalue weighted by molar-refractivity contribution is 5.75. The third-order valence-corrected chi connectivity index (χ3v) is 5.16. The van der Waals surface area contributed by atoms with Gasteiger partial charge in [0.2, 0.25) is 0 Å². The fourth-order valence-electron chi connectivity index (χ4n) is 3.94. The van der Waals surface area contributed by atoms with Gasteiger partial charge in [-0.3, -0.25) is 9.98 Å². The lowest BCUT2D eigenvalue weighted by atomic mass is 9.82. The van der Waals surface area contributed by atoms with Crippen LogP contribution < -0.4 is 32.4 Å². The predicted octanol–water partition coefficient (Wildman–Crippen LogP) is 2.97. The van der Waals surface area contributed by atoms with Gasteiger partial charge in [0.1, 0.15) is 17.1 Å². The molecule has 8 nitrogen and oxygen atoms in total. The second-order valence-electron chi connectivity index (χ2n) is 9.89. The van der Waals surface area contributed by atoms with E-state index in [-0.39, 0.29) is 22.9 Å². The molecule has 186 valence electrons. The molecule has 0 bridgehead atoms.